The number of para-hydroxylation sites is 1. The Morgan fingerprint density at radius 1 is 1.22 bits per heavy atom. The third kappa shape index (κ3) is 3.48. The number of carbonyl (C=O) groups excluding carboxylic acids is 1. The van der Waals surface area contributed by atoms with E-state index < -0.39 is 6.23 Å². The quantitative estimate of drug-likeness (QED) is 0.871. The maximum atomic E-state index is 12.2. The Balaban J connectivity index is 1.56. The summed E-state index contributed by atoms with van der Waals surface area (Å²) in [6, 6.07) is 11.6. The lowest BCUT2D eigenvalue weighted by Gasteiger charge is -2.30. The van der Waals surface area contributed by atoms with Crippen LogP contribution in [0.1, 0.15) is 23.6 Å². The summed E-state index contributed by atoms with van der Waals surface area (Å²) >= 11 is 0. The van der Waals surface area contributed by atoms with Crippen LogP contribution in [0, 0.1) is 6.92 Å². The largest absolute Gasteiger partial charge is 0.454 e. The number of benzene rings is 2. The SMILES string of the molecule is CC(=O)N(CC1=Cc2cccc(C)c2NC1O)Cc1ccc2c(c1)OCO2. The Morgan fingerprint density at radius 3 is 2.85 bits per heavy atom. The summed E-state index contributed by atoms with van der Waals surface area (Å²) in [6.07, 6.45) is 1.14. The van der Waals surface area contributed by atoms with Gasteiger partial charge in [0.25, 0.3) is 0 Å². The van der Waals surface area contributed by atoms with E-state index in [1.807, 2.05) is 49.4 Å². The molecule has 0 fully saturated rings. The first-order chi connectivity index (χ1) is 13.0. The van der Waals surface area contributed by atoms with Crippen LogP contribution in [0.15, 0.2) is 42.0 Å². The van der Waals surface area contributed by atoms with Crippen LogP contribution < -0.4 is 14.8 Å². The highest BCUT2D eigenvalue weighted by Crippen LogP contribution is 2.33. The number of carbonyl (C=O) groups is 1. The number of amides is 1. The summed E-state index contributed by atoms with van der Waals surface area (Å²) < 4.78 is 10.7. The van der Waals surface area contributed by atoms with E-state index >= 15 is 0 Å². The molecule has 140 valence electrons. The fourth-order valence-electron chi connectivity index (χ4n) is 3.41. The van der Waals surface area contributed by atoms with Crippen LogP contribution in [0.5, 0.6) is 11.5 Å². The monoisotopic (exact) mass is 366 g/mol. The van der Waals surface area contributed by atoms with Crippen molar-refractivity contribution in [1.29, 1.82) is 0 Å². The molecule has 2 heterocycles. The lowest BCUT2D eigenvalue weighted by atomic mass is 9.99. The van der Waals surface area contributed by atoms with Crippen molar-refractivity contribution in [2.24, 2.45) is 0 Å². The molecule has 6 heteroatoms. The molecule has 2 aromatic rings. The van der Waals surface area contributed by atoms with Crippen molar-refractivity contribution in [3.05, 3.63) is 58.7 Å². The summed E-state index contributed by atoms with van der Waals surface area (Å²) in [6.45, 7) is 4.52. The van der Waals surface area contributed by atoms with Gasteiger partial charge in [-0.1, -0.05) is 24.3 Å². The molecule has 2 aliphatic heterocycles. The van der Waals surface area contributed by atoms with Gasteiger partial charge in [-0.3, -0.25) is 4.79 Å². The topological polar surface area (TPSA) is 71.0 Å². The lowest BCUT2D eigenvalue weighted by molar-refractivity contribution is -0.129. The zero-order chi connectivity index (χ0) is 19.0. The fourth-order valence-corrected chi connectivity index (χ4v) is 3.41. The van der Waals surface area contributed by atoms with Crippen LogP contribution in [0.4, 0.5) is 5.69 Å². The van der Waals surface area contributed by atoms with E-state index in [1.165, 1.54) is 6.92 Å². The summed E-state index contributed by atoms with van der Waals surface area (Å²) in [5, 5.41) is 13.6. The number of aryl methyl sites for hydroxylation is 1. The summed E-state index contributed by atoms with van der Waals surface area (Å²) in [7, 11) is 0. The Hall–Kier alpha value is -2.99. The molecule has 6 nitrogen and oxygen atoms in total. The highest BCUT2D eigenvalue weighted by Gasteiger charge is 2.23. The molecule has 1 amide bonds. The molecule has 0 bridgehead atoms. The fraction of sp³-hybridized carbons (Fsp3) is 0.286. The molecule has 0 saturated carbocycles. The van der Waals surface area contributed by atoms with Crippen molar-refractivity contribution >= 4 is 17.7 Å². The van der Waals surface area contributed by atoms with Gasteiger partial charge in [0.05, 0.1) is 0 Å². The molecule has 0 spiro atoms. The van der Waals surface area contributed by atoms with Gasteiger partial charge < -0.3 is 24.8 Å². The molecule has 2 aliphatic rings. The Morgan fingerprint density at radius 2 is 2.04 bits per heavy atom. The molecule has 0 radical (unpaired) electrons. The molecule has 27 heavy (non-hydrogen) atoms. The second kappa shape index (κ2) is 6.96. The van der Waals surface area contributed by atoms with Crippen molar-refractivity contribution in [2.45, 2.75) is 26.6 Å². The minimum Gasteiger partial charge on any atom is -0.454 e. The number of nitrogens with zero attached hydrogens (tertiary/aromatic N) is 1. The first-order valence-corrected chi connectivity index (χ1v) is 8.90. The van der Waals surface area contributed by atoms with Gasteiger partial charge in [0.2, 0.25) is 12.7 Å². The van der Waals surface area contributed by atoms with E-state index in [4.69, 9.17) is 9.47 Å². The molecule has 2 N–H and O–H groups in total. The maximum Gasteiger partial charge on any atom is 0.231 e. The van der Waals surface area contributed by atoms with E-state index in [0.717, 1.165) is 33.7 Å². The first kappa shape index (κ1) is 17.4. The van der Waals surface area contributed by atoms with Gasteiger partial charge in [-0.25, -0.2) is 0 Å². The van der Waals surface area contributed by atoms with E-state index in [1.54, 1.807) is 4.90 Å². The van der Waals surface area contributed by atoms with Gasteiger partial charge in [0, 0.05) is 25.7 Å². The van der Waals surface area contributed by atoms with Gasteiger partial charge in [-0.05, 0) is 47.4 Å². The minimum absolute atomic E-state index is 0.0594. The van der Waals surface area contributed by atoms with Crippen LogP contribution in [0.3, 0.4) is 0 Å². The van der Waals surface area contributed by atoms with Crippen LogP contribution in [-0.4, -0.2) is 35.5 Å². The number of rotatable bonds is 4. The molecular formula is C21H22N2O4. The predicted octanol–water partition coefficient (Wildman–Crippen LogP) is 2.90. The van der Waals surface area contributed by atoms with Crippen LogP contribution >= 0.6 is 0 Å². The molecule has 0 aliphatic carbocycles. The highest BCUT2D eigenvalue weighted by molar-refractivity contribution is 5.77. The number of anilines is 1. The molecule has 4 rings (SSSR count). The van der Waals surface area contributed by atoms with E-state index in [2.05, 4.69) is 5.32 Å². The van der Waals surface area contributed by atoms with Crippen LogP contribution in [-0.2, 0) is 11.3 Å². The van der Waals surface area contributed by atoms with E-state index in [-0.39, 0.29) is 12.7 Å². The number of fused-ring (bicyclic) bond motifs is 2. The van der Waals surface area contributed by atoms with Crippen molar-refractivity contribution in [1.82, 2.24) is 4.90 Å². The molecule has 1 unspecified atom stereocenters. The van der Waals surface area contributed by atoms with E-state index in [9.17, 15) is 9.90 Å². The number of aliphatic hydroxyl groups is 1. The van der Waals surface area contributed by atoms with Crippen LogP contribution in [0.2, 0.25) is 0 Å². The highest BCUT2D eigenvalue weighted by atomic mass is 16.7. The third-order valence-electron chi connectivity index (χ3n) is 4.91. The molecule has 0 saturated heterocycles. The van der Waals surface area contributed by atoms with Gasteiger partial charge in [0.15, 0.2) is 11.5 Å². The normalized spacial score (nSPS) is 17.0. The Bertz CT molecular complexity index is 922. The Kier molecular flexibility index (Phi) is 4.49. The maximum absolute atomic E-state index is 12.2. The smallest absolute Gasteiger partial charge is 0.231 e. The molecule has 0 aromatic heterocycles. The minimum atomic E-state index is -0.822. The number of hydrogen-bond donors (Lipinski definition) is 2. The summed E-state index contributed by atoms with van der Waals surface area (Å²) in [5.74, 6) is 1.35. The Labute approximate surface area is 158 Å². The average molecular weight is 366 g/mol. The first-order valence-electron chi connectivity index (χ1n) is 8.90. The predicted molar refractivity (Wildman–Crippen MR) is 102 cm³/mol. The van der Waals surface area contributed by atoms with Crippen molar-refractivity contribution in [3.8, 4) is 11.5 Å². The van der Waals surface area contributed by atoms with Crippen LogP contribution in [0.25, 0.3) is 6.08 Å². The standard InChI is InChI=1S/C21H22N2O4/c1-13-4-3-5-16-9-17(21(25)22-20(13)16)11-23(14(2)24)10-15-6-7-18-19(8-15)27-12-26-18/h3-9,21-22,25H,10-12H2,1-2H3. The van der Waals surface area contributed by atoms with Gasteiger partial charge in [-0.15, -0.1) is 0 Å². The molecule has 1 atom stereocenters. The van der Waals surface area contributed by atoms with Crippen molar-refractivity contribution in [3.63, 3.8) is 0 Å². The second-order valence-electron chi connectivity index (χ2n) is 6.87. The van der Waals surface area contributed by atoms with Gasteiger partial charge in [0.1, 0.15) is 6.23 Å². The lowest BCUT2D eigenvalue weighted by Crippen LogP contribution is -2.36. The zero-order valence-corrected chi connectivity index (χ0v) is 15.4. The molecular weight excluding hydrogens is 344 g/mol. The van der Waals surface area contributed by atoms with Gasteiger partial charge in [-0.2, -0.15) is 0 Å². The number of ether oxygens (including phenoxy) is 2. The number of nitrogens with one attached hydrogen (secondary N) is 1. The van der Waals surface area contributed by atoms with Crippen molar-refractivity contribution < 1.29 is 19.4 Å². The summed E-state index contributed by atoms with van der Waals surface area (Å²) in [5.41, 5.74) is 4.72. The van der Waals surface area contributed by atoms with Crippen molar-refractivity contribution in [2.75, 3.05) is 18.7 Å². The number of aliphatic hydroxyl groups excluding tert-OH is 1. The second-order valence-corrected chi connectivity index (χ2v) is 6.87. The summed E-state index contributed by atoms with van der Waals surface area (Å²) in [4.78, 5) is 13.9. The van der Waals surface area contributed by atoms with Gasteiger partial charge >= 0.3 is 0 Å². The third-order valence-corrected chi connectivity index (χ3v) is 4.91. The zero-order valence-electron chi connectivity index (χ0n) is 15.4. The number of hydrogen-bond acceptors (Lipinski definition) is 5. The van der Waals surface area contributed by atoms with E-state index in [0.29, 0.717) is 18.8 Å². The molecule has 2 aromatic carbocycles. The average Bonchev–Trinajstić information content (AvgIpc) is 3.10.